The lowest BCUT2D eigenvalue weighted by atomic mass is 9.95. The fourth-order valence-electron chi connectivity index (χ4n) is 3.78. The number of amides is 2. The first-order valence-electron chi connectivity index (χ1n) is 10.7. The first-order chi connectivity index (χ1) is 15.5. The van der Waals surface area contributed by atoms with E-state index in [0.29, 0.717) is 31.8 Å². The second-order valence-corrected chi connectivity index (χ2v) is 10.1. The lowest BCUT2D eigenvalue weighted by molar-refractivity contribution is 0.0205. The molecule has 1 aromatic carbocycles. The number of aryl methyl sites for hydroxylation is 1. The van der Waals surface area contributed by atoms with Gasteiger partial charge in [0.05, 0.1) is 0 Å². The number of hydrogen-bond acceptors (Lipinski definition) is 6. The Bertz CT molecular complexity index is 1210. The number of likely N-dealkylation sites (tertiary alicyclic amines) is 1. The molecule has 1 N–H and O–H groups in total. The molecule has 10 heteroatoms. The van der Waals surface area contributed by atoms with Crippen LogP contribution in [0.4, 0.5) is 19.3 Å². The molecule has 0 saturated carbocycles. The quantitative estimate of drug-likeness (QED) is 0.512. The number of oxazole rings is 1. The number of ether oxygens (including phenoxy) is 1. The van der Waals surface area contributed by atoms with Crippen molar-refractivity contribution in [1.82, 2.24) is 9.88 Å². The Morgan fingerprint density at radius 1 is 1.18 bits per heavy atom. The van der Waals surface area contributed by atoms with Crippen LogP contribution in [0.15, 0.2) is 22.6 Å². The van der Waals surface area contributed by atoms with Crippen LogP contribution in [0.2, 0.25) is 0 Å². The maximum atomic E-state index is 14.6. The summed E-state index contributed by atoms with van der Waals surface area (Å²) in [5.41, 5.74) is -0.131. The summed E-state index contributed by atoms with van der Waals surface area (Å²) in [6.07, 6.45) is 0.935. The molecule has 2 aromatic heterocycles. The monoisotopic (exact) mass is 477 g/mol. The number of rotatable bonds is 3. The zero-order valence-corrected chi connectivity index (χ0v) is 19.6. The van der Waals surface area contributed by atoms with Gasteiger partial charge in [0, 0.05) is 36.6 Å². The van der Waals surface area contributed by atoms with Crippen molar-refractivity contribution < 1.29 is 27.5 Å². The minimum absolute atomic E-state index is 0.0377. The largest absolute Gasteiger partial charge is 0.444 e. The highest BCUT2D eigenvalue weighted by Gasteiger charge is 2.29. The molecule has 0 radical (unpaired) electrons. The van der Waals surface area contributed by atoms with Crippen molar-refractivity contribution in [3.8, 4) is 0 Å². The maximum Gasteiger partial charge on any atom is 0.410 e. The van der Waals surface area contributed by atoms with Crippen LogP contribution in [0.25, 0.3) is 11.1 Å². The van der Waals surface area contributed by atoms with Crippen LogP contribution in [0, 0.1) is 18.6 Å². The SMILES string of the molecule is Cc1nc2c(F)cc(NC(=O)c3sc(C4CCN(C(=O)OC(C)(C)C)CC4)cc3F)cc2o1. The molecule has 1 aliphatic heterocycles. The Balaban J connectivity index is 1.42. The van der Waals surface area contributed by atoms with E-state index in [1.165, 1.54) is 12.1 Å². The summed E-state index contributed by atoms with van der Waals surface area (Å²) in [7, 11) is 0. The molecule has 0 aliphatic carbocycles. The predicted molar refractivity (Wildman–Crippen MR) is 121 cm³/mol. The van der Waals surface area contributed by atoms with E-state index in [0.717, 1.165) is 22.3 Å². The lowest BCUT2D eigenvalue weighted by Crippen LogP contribution is -2.41. The second kappa shape index (κ2) is 8.74. The van der Waals surface area contributed by atoms with Crippen LogP contribution >= 0.6 is 11.3 Å². The Labute approximate surface area is 193 Å². The number of fused-ring (bicyclic) bond motifs is 1. The molecule has 1 fully saturated rings. The fourth-order valence-corrected chi connectivity index (χ4v) is 4.88. The first kappa shape index (κ1) is 23.2. The van der Waals surface area contributed by atoms with Gasteiger partial charge >= 0.3 is 6.09 Å². The topological polar surface area (TPSA) is 84.7 Å². The molecular weight excluding hydrogens is 452 g/mol. The smallest absolute Gasteiger partial charge is 0.410 e. The van der Waals surface area contributed by atoms with E-state index in [2.05, 4.69) is 10.3 Å². The molecule has 0 atom stereocenters. The van der Waals surface area contributed by atoms with Gasteiger partial charge in [-0.1, -0.05) is 0 Å². The zero-order valence-electron chi connectivity index (χ0n) is 18.8. The summed E-state index contributed by atoms with van der Waals surface area (Å²) >= 11 is 1.07. The van der Waals surface area contributed by atoms with Gasteiger partial charge in [-0.3, -0.25) is 4.79 Å². The van der Waals surface area contributed by atoms with Gasteiger partial charge in [-0.05, 0) is 51.7 Å². The molecule has 0 spiro atoms. The maximum absolute atomic E-state index is 14.6. The Morgan fingerprint density at radius 2 is 1.88 bits per heavy atom. The number of thiophene rings is 1. The number of nitrogens with one attached hydrogen (secondary N) is 1. The van der Waals surface area contributed by atoms with Gasteiger partial charge in [0.1, 0.15) is 21.8 Å². The van der Waals surface area contributed by atoms with Gasteiger partial charge in [-0.25, -0.2) is 18.6 Å². The summed E-state index contributed by atoms with van der Waals surface area (Å²) in [6, 6.07) is 3.95. The fraction of sp³-hybridized carbons (Fsp3) is 0.435. The van der Waals surface area contributed by atoms with Crippen molar-refractivity contribution >= 4 is 40.1 Å². The van der Waals surface area contributed by atoms with Crippen molar-refractivity contribution in [2.45, 2.75) is 52.1 Å². The van der Waals surface area contributed by atoms with E-state index < -0.39 is 23.1 Å². The summed E-state index contributed by atoms with van der Waals surface area (Å²) in [5, 5.41) is 2.54. The standard InChI is InChI=1S/C23H25F2N3O4S/c1-12-26-19-15(24)9-14(10-17(19)31-12)27-21(29)20-16(25)11-18(33-20)13-5-7-28(8-6-13)22(30)32-23(2,3)4/h9-11,13H,5-8H2,1-4H3,(H,27,29). The van der Waals surface area contributed by atoms with E-state index in [9.17, 15) is 18.4 Å². The highest BCUT2D eigenvalue weighted by molar-refractivity contribution is 7.14. The molecule has 4 rings (SSSR count). The Morgan fingerprint density at radius 3 is 2.55 bits per heavy atom. The number of piperidine rings is 1. The third-order valence-corrected chi connectivity index (χ3v) is 6.55. The molecule has 2 amide bonds. The van der Waals surface area contributed by atoms with Crippen molar-refractivity contribution in [1.29, 1.82) is 0 Å². The molecular formula is C23H25F2N3O4S. The molecule has 176 valence electrons. The third kappa shape index (κ3) is 5.16. The minimum Gasteiger partial charge on any atom is -0.444 e. The second-order valence-electron chi connectivity index (χ2n) is 9.06. The van der Waals surface area contributed by atoms with Gasteiger partial charge in [0.25, 0.3) is 5.91 Å². The molecule has 7 nitrogen and oxygen atoms in total. The summed E-state index contributed by atoms with van der Waals surface area (Å²) in [5.74, 6) is -1.58. The van der Waals surface area contributed by atoms with Gasteiger partial charge in [0.2, 0.25) is 0 Å². The van der Waals surface area contributed by atoms with Crippen molar-refractivity contribution in [3.63, 3.8) is 0 Å². The van der Waals surface area contributed by atoms with Crippen LogP contribution in [0.1, 0.15) is 60.0 Å². The van der Waals surface area contributed by atoms with Gasteiger partial charge in [0.15, 0.2) is 17.3 Å². The number of nitrogens with zero attached hydrogens (tertiary/aromatic N) is 2. The number of hydrogen-bond donors (Lipinski definition) is 1. The molecule has 0 unspecified atom stereocenters. The van der Waals surface area contributed by atoms with Crippen LogP contribution in [0.3, 0.4) is 0 Å². The van der Waals surface area contributed by atoms with Gasteiger partial charge in [-0.2, -0.15) is 0 Å². The molecule has 3 heterocycles. The number of anilines is 1. The molecule has 3 aromatic rings. The number of carbonyl (C=O) groups excluding carboxylic acids is 2. The van der Waals surface area contributed by atoms with Crippen LogP contribution in [0.5, 0.6) is 0 Å². The first-order valence-corrected chi connectivity index (χ1v) is 11.5. The van der Waals surface area contributed by atoms with E-state index in [1.807, 2.05) is 20.8 Å². The van der Waals surface area contributed by atoms with Crippen molar-refractivity contribution in [2.24, 2.45) is 0 Å². The summed E-state index contributed by atoms with van der Waals surface area (Å²) < 4.78 is 39.6. The Hall–Kier alpha value is -3.01. The predicted octanol–water partition coefficient (Wildman–Crippen LogP) is 5.84. The molecule has 33 heavy (non-hydrogen) atoms. The average Bonchev–Trinajstić information content (AvgIpc) is 3.29. The number of carbonyl (C=O) groups is 2. The highest BCUT2D eigenvalue weighted by atomic mass is 32.1. The normalized spacial score (nSPS) is 15.2. The molecule has 1 saturated heterocycles. The number of halogens is 2. The van der Waals surface area contributed by atoms with Crippen molar-refractivity contribution in [2.75, 3.05) is 18.4 Å². The minimum atomic E-state index is -0.662. The van der Waals surface area contributed by atoms with E-state index in [1.54, 1.807) is 11.8 Å². The summed E-state index contributed by atoms with van der Waals surface area (Å²) in [6.45, 7) is 8.04. The van der Waals surface area contributed by atoms with Crippen molar-refractivity contribution in [3.05, 3.63) is 45.5 Å². The van der Waals surface area contributed by atoms with Crippen LogP contribution < -0.4 is 5.32 Å². The van der Waals surface area contributed by atoms with Crippen LogP contribution in [-0.2, 0) is 4.74 Å². The number of aromatic nitrogens is 1. The van der Waals surface area contributed by atoms with E-state index in [4.69, 9.17) is 9.15 Å². The molecule has 0 bridgehead atoms. The lowest BCUT2D eigenvalue weighted by Gasteiger charge is -2.33. The number of benzene rings is 1. The third-order valence-electron chi connectivity index (χ3n) is 5.27. The Kier molecular flexibility index (Phi) is 6.13. The van der Waals surface area contributed by atoms with Gasteiger partial charge < -0.3 is 19.4 Å². The van der Waals surface area contributed by atoms with E-state index >= 15 is 0 Å². The van der Waals surface area contributed by atoms with Gasteiger partial charge in [-0.15, -0.1) is 11.3 Å². The average molecular weight is 478 g/mol. The summed E-state index contributed by atoms with van der Waals surface area (Å²) in [4.78, 5) is 31.2. The molecule has 1 aliphatic rings. The highest BCUT2D eigenvalue weighted by Crippen LogP contribution is 2.35. The van der Waals surface area contributed by atoms with E-state index in [-0.39, 0.29) is 33.7 Å². The zero-order chi connectivity index (χ0) is 23.9. The van der Waals surface area contributed by atoms with Crippen LogP contribution in [-0.4, -0.2) is 40.6 Å².